The number of carbonyl (C=O) groups is 1. The van der Waals surface area contributed by atoms with E-state index in [4.69, 9.17) is 0 Å². The summed E-state index contributed by atoms with van der Waals surface area (Å²) in [5.74, 6) is -0.0956. The summed E-state index contributed by atoms with van der Waals surface area (Å²) in [6.45, 7) is 2.46. The van der Waals surface area contributed by atoms with E-state index in [-0.39, 0.29) is 11.9 Å². The van der Waals surface area contributed by atoms with E-state index in [1.165, 1.54) is 0 Å². The van der Waals surface area contributed by atoms with Crippen molar-refractivity contribution in [2.24, 2.45) is 0 Å². The molecule has 0 fully saturated rings. The lowest BCUT2D eigenvalue weighted by Crippen LogP contribution is -2.41. The first-order chi connectivity index (χ1) is 13.2. The minimum absolute atomic E-state index is 0.0956. The zero-order chi connectivity index (χ0) is 18.4. The second-order valence-corrected chi connectivity index (χ2v) is 6.53. The van der Waals surface area contributed by atoms with Crippen LogP contribution >= 0.6 is 0 Å². The molecule has 8 heteroatoms. The minimum Gasteiger partial charge on any atom is -0.348 e. The molecule has 1 amide bonds. The third kappa shape index (κ3) is 2.41. The lowest BCUT2D eigenvalue weighted by molar-refractivity contribution is 0.0685. The molecule has 5 heterocycles. The third-order valence-electron chi connectivity index (χ3n) is 5.04. The molecule has 0 spiro atoms. The highest BCUT2D eigenvalue weighted by Gasteiger charge is 2.36. The summed E-state index contributed by atoms with van der Waals surface area (Å²) in [6, 6.07) is 7.20. The van der Waals surface area contributed by atoms with Crippen molar-refractivity contribution in [3.63, 3.8) is 0 Å². The Morgan fingerprint density at radius 1 is 1.19 bits per heavy atom. The van der Waals surface area contributed by atoms with E-state index in [1.807, 2.05) is 36.1 Å². The van der Waals surface area contributed by atoms with Gasteiger partial charge in [-0.3, -0.25) is 9.78 Å². The van der Waals surface area contributed by atoms with Crippen molar-refractivity contribution in [2.45, 2.75) is 19.4 Å². The van der Waals surface area contributed by atoms with Crippen molar-refractivity contribution in [3.8, 4) is 0 Å². The van der Waals surface area contributed by atoms with Crippen molar-refractivity contribution in [1.29, 1.82) is 0 Å². The average molecular weight is 359 g/mol. The zero-order valence-electron chi connectivity index (χ0n) is 14.7. The number of pyridine rings is 1. The van der Waals surface area contributed by atoms with E-state index in [1.54, 1.807) is 29.4 Å². The lowest BCUT2D eigenvalue weighted by atomic mass is 9.98. The maximum absolute atomic E-state index is 13.5. The lowest BCUT2D eigenvalue weighted by Gasteiger charge is -2.34. The number of nitrogens with one attached hydrogen (secondary N) is 1. The van der Waals surface area contributed by atoms with Crippen LogP contribution < -0.4 is 0 Å². The van der Waals surface area contributed by atoms with Crippen molar-refractivity contribution in [3.05, 3.63) is 77.5 Å². The number of aromatic amines is 1. The summed E-state index contributed by atoms with van der Waals surface area (Å²) in [5.41, 5.74) is 4.71. The fourth-order valence-electron chi connectivity index (χ4n) is 3.69. The van der Waals surface area contributed by atoms with Gasteiger partial charge in [-0.15, -0.1) is 0 Å². The molecule has 1 unspecified atom stereocenters. The first-order valence-corrected chi connectivity index (χ1v) is 8.77. The Bertz CT molecular complexity index is 1130. The Hall–Kier alpha value is -3.55. The van der Waals surface area contributed by atoms with Gasteiger partial charge in [0.1, 0.15) is 6.04 Å². The third-order valence-corrected chi connectivity index (χ3v) is 5.04. The van der Waals surface area contributed by atoms with Gasteiger partial charge in [0.25, 0.3) is 5.91 Å². The number of hydrogen-bond donors (Lipinski definition) is 1. The molecule has 0 saturated heterocycles. The summed E-state index contributed by atoms with van der Waals surface area (Å²) in [4.78, 5) is 31.8. The number of aryl methyl sites for hydroxylation is 1. The molecule has 1 aliphatic heterocycles. The molecule has 5 rings (SSSR count). The molecule has 0 saturated carbocycles. The van der Waals surface area contributed by atoms with Crippen LogP contribution in [0.25, 0.3) is 5.65 Å². The van der Waals surface area contributed by atoms with Crippen LogP contribution in [-0.2, 0) is 6.42 Å². The average Bonchev–Trinajstić information content (AvgIpc) is 3.37. The Kier molecular flexibility index (Phi) is 3.49. The molecule has 8 nitrogen and oxygen atoms in total. The summed E-state index contributed by atoms with van der Waals surface area (Å²) in [7, 11) is 0. The summed E-state index contributed by atoms with van der Waals surface area (Å²) in [6.07, 6.45) is 7.45. The molecule has 0 radical (unpaired) electrons. The van der Waals surface area contributed by atoms with Crippen LogP contribution in [-0.4, -0.2) is 46.9 Å². The van der Waals surface area contributed by atoms with Crippen LogP contribution in [0, 0.1) is 6.92 Å². The monoisotopic (exact) mass is 359 g/mol. The van der Waals surface area contributed by atoms with Gasteiger partial charge in [0, 0.05) is 37.1 Å². The number of nitrogens with zero attached hydrogens (tertiary/aromatic N) is 6. The van der Waals surface area contributed by atoms with Crippen LogP contribution in [0.4, 0.5) is 0 Å². The highest BCUT2D eigenvalue weighted by atomic mass is 16.2. The van der Waals surface area contributed by atoms with Crippen molar-refractivity contribution >= 4 is 11.6 Å². The predicted octanol–water partition coefficient (Wildman–Crippen LogP) is 1.94. The van der Waals surface area contributed by atoms with Gasteiger partial charge in [-0.05, 0) is 19.1 Å². The number of aromatic nitrogens is 6. The molecule has 0 aliphatic carbocycles. The fourth-order valence-corrected chi connectivity index (χ4v) is 3.69. The van der Waals surface area contributed by atoms with Gasteiger partial charge in [-0.2, -0.15) is 5.10 Å². The predicted molar refractivity (Wildman–Crippen MR) is 97.1 cm³/mol. The summed E-state index contributed by atoms with van der Waals surface area (Å²) >= 11 is 0. The fraction of sp³-hybridized carbons (Fsp3) is 0.211. The van der Waals surface area contributed by atoms with Gasteiger partial charge >= 0.3 is 0 Å². The molecule has 0 aromatic carbocycles. The molecular formula is C19H17N7O. The molecular weight excluding hydrogens is 342 g/mol. The molecule has 1 N–H and O–H groups in total. The van der Waals surface area contributed by atoms with E-state index in [0.29, 0.717) is 12.1 Å². The Balaban J connectivity index is 1.62. The number of fused-ring (bicyclic) bond motifs is 2. The highest BCUT2D eigenvalue weighted by molar-refractivity contribution is 5.95. The van der Waals surface area contributed by atoms with E-state index in [0.717, 1.165) is 34.8 Å². The van der Waals surface area contributed by atoms with Gasteiger partial charge < -0.3 is 9.88 Å². The molecule has 1 atom stereocenters. The quantitative estimate of drug-likeness (QED) is 0.590. The van der Waals surface area contributed by atoms with Crippen LogP contribution in [0.3, 0.4) is 0 Å². The van der Waals surface area contributed by atoms with Crippen LogP contribution in [0.5, 0.6) is 0 Å². The molecule has 4 aromatic heterocycles. The largest absolute Gasteiger partial charge is 0.348 e. The SMILES string of the molecule is Cc1c(C(=O)N2CCc3[nH]cnc3C2c2ccccn2)cnc2ccnn12. The van der Waals surface area contributed by atoms with Gasteiger partial charge in [-0.25, -0.2) is 14.5 Å². The van der Waals surface area contributed by atoms with E-state index in [2.05, 4.69) is 25.0 Å². The number of H-pyrrole nitrogens is 1. The van der Waals surface area contributed by atoms with Crippen LogP contribution in [0.2, 0.25) is 0 Å². The van der Waals surface area contributed by atoms with Gasteiger partial charge in [0.15, 0.2) is 5.65 Å². The molecule has 1 aliphatic rings. The normalized spacial score (nSPS) is 16.5. The topological polar surface area (TPSA) is 92.1 Å². The Morgan fingerprint density at radius 3 is 2.96 bits per heavy atom. The number of carbonyl (C=O) groups excluding carboxylic acids is 1. The van der Waals surface area contributed by atoms with Crippen LogP contribution in [0.15, 0.2) is 49.2 Å². The number of rotatable bonds is 2. The van der Waals surface area contributed by atoms with E-state index in [9.17, 15) is 4.79 Å². The van der Waals surface area contributed by atoms with E-state index < -0.39 is 0 Å². The Morgan fingerprint density at radius 2 is 2.11 bits per heavy atom. The number of imidazole rings is 1. The first kappa shape index (κ1) is 15.7. The molecule has 4 aromatic rings. The molecule has 0 bridgehead atoms. The smallest absolute Gasteiger partial charge is 0.258 e. The summed E-state index contributed by atoms with van der Waals surface area (Å²) in [5, 5.41) is 4.27. The standard InChI is InChI=1S/C19H17N7O/c1-12-13(10-21-16-5-8-24-26(12)16)19(27)25-9-6-14-17(23-11-22-14)18(25)15-4-2-3-7-20-15/h2-5,7-8,10-11,18H,6,9H2,1H3,(H,22,23). The van der Waals surface area contributed by atoms with Gasteiger partial charge in [0.05, 0.1) is 35.2 Å². The van der Waals surface area contributed by atoms with Crippen LogP contribution in [0.1, 0.15) is 39.2 Å². The van der Waals surface area contributed by atoms with E-state index >= 15 is 0 Å². The Labute approximate surface area is 154 Å². The molecule has 134 valence electrons. The van der Waals surface area contributed by atoms with Crippen molar-refractivity contribution in [2.75, 3.05) is 6.54 Å². The second kappa shape index (κ2) is 6.01. The zero-order valence-corrected chi connectivity index (χ0v) is 14.7. The highest BCUT2D eigenvalue weighted by Crippen LogP contribution is 2.33. The van der Waals surface area contributed by atoms with Crippen molar-refractivity contribution < 1.29 is 4.79 Å². The van der Waals surface area contributed by atoms with Crippen molar-refractivity contribution in [1.82, 2.24) is 34.4 Å². The maximum atomic E-state index is 13.5. The first-order valence-electron chi connectivity index (χ1n) is 8.77. The second-order valence-electron chi connectivity index (χ2n) is 6.53. The van der Waals surface area contributed by atoms with Gasteiger partial charge in [-0.1, -0.05) is 6.07 Å². The maximum Gasteiger partial charge on any atom is 0.258 e. The van der Waals surface area contributed by atoms with Gasteiger partial charge in [0.2, 0.25) is 0 Å². The number of hydrogen-bond acceptors (Lipinski definition) is 5. The number of amides is 1. The summed E-state index contributed by atoms with van der Waals surface area (Å²) < 4.78 is 1.69. The minimum atomic E-state index is -0.332. The molecule has 27 heavy (non-hydrogen) atoms.